The van der Waals surface area contributed by atoms with Crippen LogP contribution in [0.25, 0.3) is 0 Å². The Bertz CT molecular complexity index is 578. The predicted molar refractivity (Wildman–Crippen MR) is 66.0 cm³/mol. The average Bonchev–Trinajstić information content (AvgIpc) is 2.55. The average molecular weight is 252 g/mol. The van der Waals surface area contributed by atoms with Gasteiger partial charge in [0.1, 0.15) is 17.5 Å². The molecule has 0 spiro atoms. The van der Waals surface area contributed by atoms with Crippen molar-refractivity contribution < 1.29 is 8.78 Å². The standard InChI is InChI=1S/C12H14F2N4/c1-7-11(15)12(18(2)17-7)16-6-8-5-9(13)3-4-10(8)14/h3-5,16H,6,15H2,1-2H3. The second kappa shape index (κ2) is 4.64. The second-order valence-electron chi connectivity index (χ2n) is 4.06. The fourth-order valence-corrected chi connectivity index (χ4v) is 1.74. The molecule has 0 fully saturated rings. The lowest BCUT2D eigenvalue weighted by molar-refractivity contribution is 0.587. The summed E-state index contributed by atoms with van der Waals surface area (Å²) in [6, 6.07) is 3.34. The van der Waals surface area contributed by atoms with Gasteiger partial charge < -0.3 is 11.1 Å². The maximum absolute atomic E-state index is 13.4. The molecular weight excluding hydrogens is 238 g/mol. The molecule has 96 valence electrons. The van der Waals surface area contributed by atoms with Crippen molar-refractivity contribution in [1.82, 2.24) is 9.78 Å². The van der Waals surface area contributed by atoms with Gasteiger partial charge in [-0.15, -0.1) is 0 Å². The van der Waals surface area contributed by atoms with Crippen molar-refractivity contribution in [1.29, 1.82) is 0 Å². The molecule has 3 N–H and O–H groups in total. The van der Waals surface area contributed by atoms with Crippen molar-refractivity contribution in [2.45, 2.75) is 13.5 Å². The molecule has 0 unspecified atom stereocenters. The summed E-state index contributed by atoms with van der Waals surface area (Å²) in [5.74, 6) is -0.333. The third kappa shape index (κ3) is 2.27. The third-order valence-electron chi connectivity index (χ3n) is 2.72. The van der Waals surface area contributed by atoms with Crippen molar-refractivity contribution >= 4 is 11.5 Å². The van der Waals surface area contributed by atoms with Gasteiger partial charge in [0.05, 0.1) is 11.4 Å². The van der Waals surface area contributed by atoms with Gasteiger partial charge in [-0.05, 0) is 25.1 Å². The highest BCUT2D eigenvalue weighted by Crippen LogP contribution is 2.22. The van der Waals surface area contributed by atoms with Crippen molar-refractivity contribution in [3.8, 4) is 0 Å². The summed E-state index contributed by atoms with van der Waals surface area (Å²) in [6.45, 7) is 1.93. The lowest BCUT2D eigenvalue weighted by Crippen LogP contribution is -2.07. The number of benzene rings is 1. The molecule has 0 aliphatic carbocycles. The zero-order chi connectivity index (χ0) is 13.3. The summed E-state index contributed by atoms with van der Waals surface area (Å²) in [5.41, 5.74) is 7.27. The van der Waals surface area contributed by atoms with Crippen molar-refractivity contribution in [2.75, 3.05) is 11.1 Å². The maximum Gasteiger partial charge on any atom is 0.148 e. The van der Waals surface area contributed by atoms with Gasteiger partial charge in [-0.1, -0.05) is 0 Å². The topological polar surface area (TPSA) is 55.9 Å². The number of anilines is 2. The number of aromatic nitrogens is 2. The molecule has 1 heterocycles. The minimum absolute atomic E-state index is 0.146. The number of hydrogen-bond donors (Lipinski definition) is 2. The van der Waals surface area contributed by atoms with Crippen LogP contribution in [0.1, 0.15) is 11.3 Å². The van der Waals surface area contributed by atoms with Crippen molar-refractivity contribution in [3.05, 3.63) is 41.1 Å². The molecule has 0 bridgehead atoms. The van der Waals surface area contributed by atoms with Gasteiger partial charge in [0.25, 0.3) is 0 Å². The first kappa shape index (κ1) is 12.3. The Morgan fingerprint density at radius 1 is 1.39 bits per heavy atom. The smallest absolute Gasteiger partial charge is 0.148 e. The molecule has 0 aliphatic heterocycles. The summed E-state index contributed by atoms with van der Waals surface area (Å²) in [4.78, 5) is 0. The first-order chi connectivity index (χ1) is 8.49. The molecule has 2 rings (SSSR count). The van der Waals surface area contributed by atoms with E-state index in [9.17, 15) is 8.78 Å². The molecule has 2 aromatic rings. The van der Waals surface area contributed by atoms with Crippen LogP contribution in [-0.4, -0.2) is 9.78 Å². The summed E-state index contributed by atoms with van der Waals surface area (Å²) in [5, 5.41) is 7.08. The number of nitrogens with one attached hydrogen (secondary N) is 1. The first-order valence-corrected chi connectivity index (χ1v) is 5.46. The second-order valence-corrected chi connectivity index (χ2v) is 4.06. The van der Waals surface area contributed by atoms with Gasteiger partial charge in [-0.25, -0.2) is 8.78 Å². The number of nitrogen functional groups attached to an aromatic ring is 1. The highest BCUT2D eigenvalue weighted by atomic mass is 19.1. The Morgan fingerprint density at radius 2 is 2.11 bits per heavy atom. The monoisotopic (exact) mass is 252 g/mol. The highest BCUT2D eigenvalue weighted by Gasteiger charge is 2.10. The predicted octanol–water partition coefficient (Wildman–Crippen LogP) is 2.20. The number of halogens is 2. The number of rotatable bonds is 3. The van der Waals surface area contributed by atoms with Crippen LogP contribution in [-0.2, 0) is 13.6 Å². The molecule has 4 nitrogen and oxygen atoms in total. The van der Waals surface area contributed by atoms with Crippen LogP contribution in [0.4, 0.5) is 20.3 Å². The van der Waals surface area contributed by atoms with E-state index in [1.54, 1.807) is 18.7 Å². The van der Waals surface area contributed by atoms with Gasteiger partial charge >= 0.3 is 0 Å². The van der Waals surface area contributed by atoms with Crippen LogP contribution in [0.5, 0.6) is 0 Å². The van der Waals surface area contributed by atoms with E-state index in [1.807, 2.05) is 0 Å². The first-order valence-electron chi connectivity index (χ1n) is 5.46. The van der Waals surface area contributed by atoms with E-state index in [4.69, 9.17) is 5.73 Å². The number of nitrogens with two attached hydrogens (primary N) is 1. The highest BCUT2D eigenvalue weighted by molar-refractivity contribution is 5.64. The minimum atomic E-state index is -0.470. The molecular formula is C12H14F2N4. The number of hydrogen-bond acceptors (Lipinski definition) is 3. The van der Waals surface area contributed by atoms with Gasteiger partial charge in [-0.3, -0.25) is 4.68 Å². The molecule has 0 amide bonds. The zero-order valence-corrected chi connectivity index (χ0v) is 10.2. The maximum atomic E-state index is 13.4. The van der Waals surface area contributed by atoms with Crippen LogP contribution in [0.3, 0.4) is 0 Å². The molecule has 1 aromatic heterocycles. The lowest BCUT2D eigenvalue weighted by Gasteiger charge is -2.08. The Kier molecular flexibility index (Phi) is 3.18. The Labute approximate surface area is 103 Å². The molecule has 0 saturated heterocycles. The van der Waals surface area contributed by atoms with Crippen LogP contribution in [0, 0.1) is 18.6 Å². The number of nitrogens with zero attached hydrogens (tertiary/aromatic N) is 2. The van der Waals surface area contributed by atoms with Crippen LogP contribution in [0.2, 0.25) is 0 Å². The quantitative estimate of drug-likeness (QED) is 0.880. The van der Waals surface area contributed by atoms with Gasteiger partial charge in [0.2, 0.25) is 0 Å². The molecule has 0 atom stereocenters. The Hall–Kier alpha value is -2.11. The number of aryl methyl sites for hydroxylation is 2. The Morgan fingerprint density at radius 3 is 2.72 bits per heavy atom. The van der Waals surface area contributed by atoms with E-state index in [0.717, 1.165) is 18.2 Å². The van der Waals surface area contributed by atoms with Gasteiger partial charge in [0, 0.05) is 19.2 Å². The van der Waals surface area contributed by atoms with E-state index >= 15 is 0 Å². The SMILES string of the molecule is Cc1nn(C)c(NCc2cc(F)ccc2F)c1N. The summed E-state index contributed by atoms with van der Waals surface area (Å²) >= 11 is 0. The molecule has 0 radical (unpaired) electrons. The summed E-state index contributed by atoms with van der Waals surface area (Å²) in [6.07, 6.45) is 0. The lowest BCUT2D eigenvalue weighted by atomic mass is 10.2. The Balaban J connectivity index is 2.19. The van der Waals surface area contributed by atoms with Crippen LogP contribution < -0.4 is 11.1 Å². The third-order valence-corrected chi connectivity index (χ3v) is 2.72. The van der Waals surface area contributed by atoms with E-state index in [2.05, 4.69) is 10.4 Å². The fraction of sp³-hybridized carbons (Fsp3) is 0.250. The molecule has 1 aromatic carbocycles. The van der Waals surface area contributed by atoms with Crippen molar-refractivity contribution in [2.24, 2.45) is 7.05 Å². The van der Waals surface area contributed by atoms with E-state index in [-0.39, 0.29) is 12.1 Å². The fourth-order valence-electron chi connectivity index (χ4n) is 1.74. The summed E-state index contributed by atoms with van der Waals surface area (Å²) < 4.78 is 28.0. The molecule has 0 aliphatic rings. The van der Waals surface area contributed by atoms with E-state index < -0.39 is 11.6 Å². The molecule has 0 saturated carbocycles. The normalized spacial score (nSPS) is 10.7. The van der Waals surface area contributed by atoms with E-state index in [0.29, 0.717) is 17.2 Å². The largest absolute Gasteiger partial charge is 0.394 e. The molecule has 6 heteroatoms. The van der Waals surface area contributed by atoms with Gasteiger partial charge in [-0.2, -0.15) is 5.10 Å². The zero-order valence-electron chi connectivity index (χ0n) is 10.2. The van der Waals surface area contributed by atoms with Crippen LogP contribution >= 0.6 is 0 Å². The minimum Gasteiger partial charge on any atom is -0.394 e. The van der Waals surface area contributed by atoms with E-state index in [1.165, 1.54) is 0 Å². The van der Waals surface area contributed by atoms with Gasteiger partial charge in [0.15, 0.2) is 0 Å². The summed E-state index contributed by atoms with van der Waals surface area (Å²) in [7, 11) is 1.73. The van der Waals surface area contributed by atoms with Crippen LogP contribution in [0.15, 0.2) is 18.2 Å². The molecule has 18 heavy (non-hydrogen) atoms. The van der Waals surface area contributed by atoms with Crippen molar-refractivity contribution in [3.63, 3.8) is 0 Å².